The van der Waals surface area contributed by atoms with Crippen molar-refractivity contribution in [3.8, 4) is 11.3 Å². The molecule has 2 atom stereocenters. The summed E-state index contributed by atoms with van der Waals surface area (Å²) in [7, 11) is 1.84. The molecule has 0 saturated carbocycles. The first kappa shape index (κ1) is 23.6. The zero-order chi connectivity index (χ0) is 25.2. The van der Waals surface area contributed by atoms with Crippen molar-refractivity contribution in [3.05, 3.63) is 65.8 Å². The molecule has 0 aliphatic carbocycles. The molecule has 3 aromatic heterocycles. The number of β-amino-alcohol motifs (C(OH)–C–C–N with tert-alkyl or cyclic N) is 1. The molecule has 12 nitrogen and oxygen atoms in total. The molecule has 1 aromatic carbocycles. The largest absolute Gasteiger partial charge is 0.416 e. The van der Waals surface area contributed by atoms with Crippen molar-refractivity contribution in [2.24, 2.45) is 12.8 Å². The number of nitrogens with one attached hydrogen (secondary N) is 1. The number of hydrogen-bond donors (Lipinski definition) is 3. The lowest BCUT2D eigenvalue weighted by molar-refractivity contribution is 0.0964. The number of anilines is 2. The Morgan fingerprint density at radius 1 is 1.33 bits per heavy atom. The molecule has 1 aliphatic heterocycles. The first-order valence-corrected chi connectivity index (χ1v) is 11.6. The fourth-order valence-corrected chi connectivity index (χ4v) is 4.48. The molecule has 36 heavy (non-hydrogen) atoms. The average Bonchev–Trinajstić information content (AvgIpc) is 3.45. The fourth-order valence-electron chi connectivity index (χ4n) is 4.48. The van der Waals surface area contributed by atoms with Crippen LogP contribution in [0.25, 0.3) is 11.3 Å². The maximum Gasteiger partial charge on any atom is 0.306 e. The molecule has 0 radical (unpaired) electrons. The Labute approximate surface area is 207 Å². The van der Waals surface area contributed by atoms with E-state index in [2.05, 4.69) is 41.5 Å². The standard InChI is InChI=1S/C24H27N9O3/c1-14(34)11-33-8-6-19(22-30-31-23(36-22)21(25)35)18-4-3-15(9-16(18)12-33)20-5-7-26-24(29-20)28-17-10-27-32(2)13-17/h3-5,7,9-10,13-14,19,34H,6,8,11-12H2,1-2H3,(H2,25,35)(H,26,28,29)/t14-,19-/m0/s1. The van der Waals surface area contributed by atoms with Gasteiger partial charge in [-0.05, 0) is 43.1 Å². The third-order valence-corrected chi connectivity index (χ3v) is 6.03. The summed E-state index contributed by atoms with van der Waals surface area (Å²) >= 11 is 0. The number of carbonyl (C=O) groups excluding carboxylic acids is 1. The summed E-state index contributed by atoms with van der Waals surface area (Å²) in [5, 5.41) is 25.2. The summed E-state index contributed by atoms with van der Waals surface area (Å²) < 4.78 is 7.30. The minimum Gasteiger partial charge on any atom is -0.416 e. The predicted molar refractivity (Wildman–Crippen MR) is 130 cm³/mol. The van der Waals surface area contributed by atoms with Crippen molar-refractivity contribution >= 4 is 17.5 Å². The Morgan fingerprint density at radius 2 is 2.19 bits per heavy atom. The van der Waals surface area contributed by atoms with Gasteiger partial charge in [-0.1, -0.05) is 12.1 Å². The monoisotopic (exact) mass is 489 g/mol. The highest BCUT2D eigenvalue weighted by atomic mass is 16.4. The number of aliphatic hydroxyl groups is 1. The van der Waals surface area contributed by atoms with Crippen molar-refractivity contribution in [2.75, 3.05) is 18.4 Å². The molecule has 5 rings (SSSR count). The number of primary amides is 1. The van der Waals surface area contributed by atoms with Crippen LogP contribution in [0.3, 0.4) is 0 Å². The molecule has 0 bridgehead atoms. The highest BCUT2D eigenvalue weighted by molar-refractivity contribution is 5.87. The van der Waals surface area contributed by atoms with E-state index in [4.69, 9.17) is 10.2 Å². The second kappa shape index (κ2) is 9.84. The molecule has 186 valence electrons. The van der Waals surface area contributed by atoms with E-state index in [9.17, 15) is 9.90 Å². The lowest BCUT2D eigenvalue weighted by Crippen LogP contribution is -2.30. The molecule has 4 heterocycles. The minimum atomic E-state index is -0.756. The topological polar surface area (TPSA) is 161 Å². The Kier molecular flexibility index (Phi) is 6.44. The number of rotatable bonds is 7. The number of fused-ring (bicyclic) bond motifs is 1. The van der Waals surface area contributed by atoms with Gasteiger partial charge in [-0.2, -0.15) is 5.10 Å². The van der Waals surface area contributed by atoms with E-state index in [-0.39, 0.29) is 11.8 Å². The van der Waals surface area contributed by atoms with Gasteiger partial charge in [-0.15, -0.1) is 10.2 Å². The number of hydrogen-bond acceptors (Lipinski definition) is 10. The van der Waals surface area contributed by atoms with Crippen molar-refractivity contribution in [2.45, 2.75) is 31.9 Å². The SMILES string of the molecule is C[C@H](O)CN1CC[C@H](c2nnc(C(N)=O)o2)c2ccc(-c3ccnc(Nc4cnn(C)c4)n3)cc2C1. The second-order valence-corrected chi connectivity index (χ2v) is 8.94. The Balaban J connectivity index is 1.49. The van der Waals surface area contributed by atoms with Gasteiger partial charge in [0.2, 0.25) is 11.8 Å². The van der Waals surface area contributed by atoms with Gasteiger partial charge in [0, 0.05) is 38.1 Å². The van der Waals surface area contributed by atoms with E-state index in [1.807, 2.05) is 31.4 Å². The first-order valence-electron chi connectivity index (χ1n) is 11.6. The van der Waals surface area contributed by atoms with Crippen molar-refractivity contribution in [1.82, 2.24) is 34.8 Å². The van der Waals surface area contributed by atoms with Crippen LogP contribution in [-0.2, 0) is 13.6 Å². The van der Waals surface area contributed by atoms with Crippen LogP contribution >= 0.6 is 0 Å². The van der Waals surface area contributed by atoms with Crippen LogP contribution in [0.4, 0.5) is 11.6 Å². The van der Waals surface area contributed by atoms with Gasteiger partial charge in [0.1, 0.15) is 0 Å². The summed E-state index contributed by atoms with van der Waals surface area (Å²) in [6.45, 7) is 3.64. The molecule has 1 amide bonds. The molecular formula is C24H27N9O3. The number of carbonyl (C=O) groups is 1. The van der Waals surface area contributed by atoms with Gasteiger partial charge in [0.15, 0.2) is 0 Å². The molecule has 12 heteroatoms. The molecular weight excluding hydrogens is 462 g/mol. The van der Waals surface area contributed by atoms with Crippen LogP contribution in [0.5, 0.6) is 0 Å². The van der Waals surface area contributed by atoms with Crippen molar-refractivity contribution in [1.29, 1.82) is 0 Å². The van der Waals surface area contributed by atoms with Crippen molar-refractivity contribution in [3.63, 3.8) is 0 Å². The third-order valence-electron chi connectivity index (χ3n) is 6.03. The highest BCUT2D eigenvalue weighted by Crippen LogP contribution is 2.35. The van der Waals surface area contributed by atoms with Crippen LogP contribution in [0.1, 0.15) is 47.0 Å². The van der Waals surface area contributed by atoms with E-state index in [1.165, 1.54) is 0 Å². The number of nitrogens with two attached hydrogens (primary N) is 1. The van der Waals surface area contributed by atoms with Crippen LogP contribution in [0, 0.1) is 0 Å². The van der Waals surface area contributed by atoms with Crippen LogP contribution < -0.4 is 11.1 Å². The lowest BCUT2D eigenvalue weighted by atomic mass is 9.91. The molecule has 0 saturated heterocycles. The van der Waals surface area contributed by atoms with E-state index in [1.54, 1.807) is 24.0 Å². The third kappa shape index (κ3) is 5.09. The quantitative estimate of drug-likeness (QED) is 0.349. The van der Waals surface area contributed by atoms with Crippen LogP contribution in [0.15, 0.2) is 47.3 Å². The predicted octanol–water partition coefficient (Wildman–Crippen LogP) is 1.82. The van der Waals surface area contributed by atoms with Crippen molar-refractivity contribution < 1.29 is 14.3 Å². The van der Waals surface area contributed by atoms with E-state index < -0.39 is 12.0 Å². The smallest absolute Gasteiger partial charge is 0.306 e. The molecule has 4 N–H and O–H groups in total. The summed E-state index contributed by atoms with van der Waals surface area (Å²) in [6, 6.07) is 7.97. The normalized spacial score (nSPS) is 16.8. The van der Waals surface area contributed by atoms with Gasteiger partial charge in [0.05, 0.1) is 29.6 Å². The van der Waals surface area contributed by atoms with Gasteiger partial charge < -0.3 is 20.6 Å². The highest BCUT2D eigenvalue weighted by Gasteiger charge is 2.29. The molecule has 0 unspecified atom stereocenters. The number of aryl methyl sites for hydroxylation is 1. The van der Waals surface area contributed by atoms with Gasteiger partial charge in [-0.3, -0.25) is 14.4 Å². The minimum absolute atomic E-state index is 0.206. The van der Waals surface area contributed by atoms with E-state index in [0.717, 1.165) is 28.1 Å². The van der Waals surface area contributed by atoms with Gasteiger partial charge in [-0.25, -0.2) is 9.97 Å². The summed E-state index contributed by atoms with van der Waals surface area (Å²) in [5.74, 6) is -0.353. The number of nitrogens with zero attached hydrogens (tertiary/aromatic N) is 7. The van der Waals surface area contributed by atoms with Crippen LogP contribution in [-0.4, -0.2) is 65.1 Å². The summed E-state index contributed by atoms with van der Waals surface area (Å²) in [4.78, 5) is 22.7. The molecule has 4 aromatic rings. The zero-order valence-corrected chi connectivity index (χ0v) is 20.0. The zero-order valence-electron chi connectivity index (χ0n) is 20.0. The summed E-state index contributed by atoms with van der Waals surface area (Å²) in [5.41, 5.74) is 9.86. The Morgan fingerprint density at radius 3 is 2.92 bits per heavy atom. The number of benzene rings is 1. The first-order chi connectivity index (χ1) is 17.4. The van der Waals surface area contributed by atoms with E-state index >= 15 is 0 Å². The van der Waals surface area contributed by atoms with Gasteiger partial charge >= 0.3 is 11.8 Å². The molecule has 0 spiro atoms. The maximum atomic E-state index is 11.5. The second-order valence-electron chi connectivity index (χ2n) is 8.94. The number of amides is 1. The Hall–Kier alpha value is -4.16. The molecule has 1 aliphatic rings. The van der Waals surface area contributed by atoms with E-state index in [0.29, 0.717) is 37.9 Å². The number of aliphatic hydroxyl groups excluding tert-OH is 1. The van der Waals surface area contributed by atoms with Gasteiger partial charge in [0.25, 0.3) is 0 Å². The fraction of sp³-hybridized carbons (Fsp3) is 0.333. The lowest BCUT2D eigenvalue weighted by Gasteiger charge is -2.22. The average molecular weight is 490 g/mol. The van der Waals surface area contributed by atoms with Crippen LogP contribution in [0.2, 0.25) is 0 Å². The molecule has 0 fully saturated rings. The number of aromatic nitrogens is 6. The summed E-state index contributed by atoms with van der Waals surface area (Å²) in [6.07, 6.45) is 5.47. The maximum absolute atomic E-state index is 11.5. The Bertz CT molecular complexity index is 1380.